The van der Waals surface area contributed by atoms with Crippen molar-refractivity contribution in [3.63, 3.8) is 0 Å². The molecule has 23 heavy (non-hydrogen) atoms. The molecule has 1 heterocycles. The van der Waals surface area contributed by atoms with Gasteiger partial charge in [0.2, 0.25) is 0 Å². The van der Waals surface area contributed by atoms with Gasteiger partial charge in [0.15, 0.2) is 5.79 Å². The molecule has 0 radical (unpaired) electrons. The largest absolute Gasteiger partial charge is 0.481 e. The molecule has 2 N–H and O–H groups in total. The Morgan fingerprint density at radius 3 is 2.57 bits per heavy atom. The molecule has 2 atom stereocenters. The molecule has 1 spiro atoms. The van der Waals surface area contributed by atoms with Crippen molar-refractivity contribution in [2.24, 2.45) is 5.92 Å². The summed E-state index contributed by atoms with van der Waals surface area (Å²) >= 11 is 0. The molecular formula is C18H24O5. The van der Waals surface area contributed by atoms with Crippen LogP contribution in [0.1, 0.15) is 43.2 Å². The summed E-state index contributed by atoms with van der Waals surface area (Å²) in [5, 5.41) is 18.6. The Bertz CT molecular complexity index is 545. The number of hydrogen-bond donors (Lipinski definition) is 2. The summed E-state index contributed by atoms with van der Waals surface area (Å²) in [7, 11) is 0. The fourth-order valence-corrected chi connectivity index (χ4v) is 3.59. The van der Waals surface area contributed by atoms with E-state index in [-0.39, 0.29) is 5.92 Å². The number of carboxylic acids is 1. The number of benzene rings is 1. The normalized spacial score (nSPS) is 32.1. The van der Waals surface area contributed by atoms with Gasteiger partial charge >= 0.3 is 5.97 Å². The van der Waals surface area contributed by atoms with Gasteiger partial charge in [0.05, 0.1) is 19.1 Å². The monoisotopic (exact) mass is 320 g/mol. The first-order chi connectivity index (χ1) is 11.0. The average molecular weight is 320 g/mol. The Morgan fingerprint density at radius 1 is 1.30 bits per heavy atom. The fourth-order valence-electron chi connectivity index (χ4n) is 3.59. The number of rotatable bonds is 4. The lowest BCUT2D eigenvalue weighted by Gasteiger charge is -2.40. The summed E-state index contributed by atoms with van der Waals surface area (Å²) in [6, 6.07) is 7.78. The summed E-state index contributed by atoms with van der Waals surface area (Å²) in [4.78, 5) is 11.0. The topological polar surface area (TPSA) is 76.0 Å². The smallest absolute Gasteiger partial charge is 0.310 e. The minimum absolute atomic E-state index is 0.276. The van der Waals surface area contributed by atoms with E-state index in [0.717, 1.165) is 36.8 Å². The van der Waals surface area contributed by atoms with Crippen LogP contribution in [0.3, 0.4) is 0 Å². The Balaban J connectivity index is 1.68. The number of carboxylic acid groups (broad SMARTS) is 1. The lowest BCUT2D eigenvalue weighted by molar-refractivity contribution is -0.307. The van der Waals surface area contributed by atoms with Crippen molar-refractivity contribution in [3.8, 4) is 0 Å². The first-order valence-corrected chi connectivity index (χ1v) is 8.28. The number of aliphatic hydroxyl groups excluding tert-OH is 1. The third-order valence-corrected chi connectivity index (χ3v) is 5.07. The maximum Gasteiger partial charge on any atom is 0.310 e. The van der Waals surface area contributed by atoms with Gasteiger partial charge in [-0.2, -0.15) is 0 Å². The minimum atomic E-state index is -0.810. The van der Waals surface area contributed by atoms with E-state index in [4.69, 9.17) is 14.6 Å². The zero-order valence-electron chi connectivity index (χ0n) is 13.4. The molecule has 1 aliphatic heterocycles. The van der Waals surface area contributed by atoms with E-state index in [1.807, 2.05) is 24.3 Å². The van der Waals surface area contributed by atoms with Gasteiger partial charge in [-0.05, 0) is 37.3 Å². The third-order valence-electron chi connectivity index (χ3n) is 5.07. The summed E-state index contributed by atoms with van der Waals surface area (Å²) in [5.74, 6) is -1.58. The highest BCUT2D eigenvalue weighted by Crippen LogP contribution is 2.43. The number of aliphatic hydroxyl groups is 1. The summed E-state index contributed by atoms with van der Waals surface area (Å²) < 4.78 is 11.7. The van der Waals surface area contributed by atoms with E-state index in [1.165, 1.54) is 0 Å². The number of ether oxygens (including phenoxy) is 2. The maximum atomic E-state index is 11.0. The molecule has 1 aliphatic carbocycles. The van der Waals surface area contributed by atoms with Crippen molar-refractivity contribution in [3.05, 3.63) is 35.4 Å². The zero-order valence-corrected chi connectivity index (χ0v) is 13.4. The minimum Gasteiger partial charge on any atom is -0.481 e. The quantitative estimate of drug-likeness (QED) is 0.890. The van der Waals surface area contributed by atoms with Crippen LogP contribution in [0.25, 0.3) is 0 Å². The van der Waals surface area contributed by atoms with Gasteiger partial charge in [-0.25, -0.2) is 0 Å². The fraction of sp³-hybridized carbons (Fsp3) is 0.611. The van der Waals surface area contributed by atoms with Crippen molar-refractivity contribution >= 4 is 5.97 Å². The molecule has 2 unspecified atom stereocenters. The van der Waals surface area contributed by atoms with Crippen molar-refractivity contribution in [1.29, 1.82) is 0 Å². The van der Waals surface area contributed by atoms with E-state index in [0.29, 0.717) is 13.2 Å². The molecule has 5 nitrogen and oxygen atoms in total. The van der Waals surface area contributed by atoms with Crippen molar-refractivity contribution in [2.45, 2.75) is 50.4 Å². The molecule has 1 saturated carbocycles. The second kappa shape index (κ2) is 6.59. The first-order valence-electron chi connectivity index (χ1n) is 8.28. The van der Waals surface area contributed by atoms with Crippen LogP contribution in [0.15, 0.2) is 24.3 Å². The second-order valence-electron chi connectivity index (χ2n) is 6.68. The van der Waals surface area contributed by atoms with Crippen LogP contribution in [0, 0.1) is 5.92 Å². The van der Waals surface area contributed by atoms with Crippen LogP contribution in [-0.2, 0) is 20.7 Å². The van der Waals surface area contributed by atoms with Crippen LogP contribution >= 0.6 is 0 Å². The van der Waals surface area contributed by atoms with Crippen molar-refractivity contribution < 1.29 is 24.5 Å². The predicted octanol–water partition coefficient (Wildman–Crippen LogP) is 2.32. The van der Waals surface area contributed by atoms with E-state index in [2.05, 4.69) is 0 Å². The van der Waals surface area contributed by atoms with Crippen LogP contribution in [0.2, 0.25) is 0 Å². The Labute approximate surface area is 136 Å². The molecule has 0 amide bonds. The molecule has 5 heteroatoms. The molecule has 3 rings (SSSR count). The summed E-state index contributed by atoms with van der Waals surface area (Å²) in [6.45, 7) is 2.37. The first kappa shape index (κ1) is 16.4. The highest BCUT2D eigenvalue weighted by atomic mass is 16.7. The zero-order chi connectivity index (χ0) is 16.4. The van der Waals surface area contributed by atoms with Gasteiger partial charge in [0.1, 0.15) is 6.10 Å². The molecular weight excluding hydrogens is 296 g/mol. The van der Waals surface area contributed by atoms with Crippen LogP contribution < -0.4 is 0 Å². The van der Waals surface area contributed by atoms with Crippen molar-refractivity contribution in [2.75, 3.05) is 13.2 Å². The molecule has 2 aliphatic rings. The Kier molecular flexibility index (Phi) is 4.71. The lowest BCUT2D eigenvalue weighted by Crippen LogP contribution is -2.49. The standard InChI is InChI=1S/C18H24O5/c1-12(17(20)21)14-6-4-13(5-7-14)9-15-3-2-8-18(15)22-10-16(19)11-23-18/h4-7,12,15-16,19H,2-3,8-11H2,1H3,(H,20,21). The highest BCUT2D eigenvalue weighted by molar-refractivity contribution is 5.75. The molecule has 1 aromatic carbocycles. The van der Waals surface area contributed by atoms with Crippen LogP contribution in [0.4, 0.5) is 0 Å². The van der Waals surface area contributed by atoms with Crippen LogP contribution in [-0.4, -0.2) is 41.3 Å². The van der Waals surface area contributed by atoms with Gasteiger partial charge in [0.25, 0.3) is 0 Å². The number of aliphatic carboxylic acids is 1. The van der Waals surface area contributed by atoms with Crippen molar-refractivity contribution in [1.82, 2.24) is 0 Å². The molecule has 126 valence electrons. The van der Waals surface area contributed by atoms with Gasteiger partial charge in [-0.3, -0.25) is 4.79 Å². The maximum absolute atomic E-state index is 11.0. The van der Waals surface area contributed by atoms with E-state index >= 15 is 0 Å². The van der Waals surface area contributed by atoms with Gasteiger partial charge in [0, 0.05) is 12.3 Å². The molecule has 1 aromatic rings. The molecule has 0 bridgehead atoms. The Hall–Kier alpha value is -1.43. The summed E-state index contributed by atoms with van der Waals surface area (Å²) in [6.07, 6.45) is 3.30. The SMILES string of the molecule is CC(C(=O)O)c1ccc(CC2CCCC23OCC(O)CO3)cc1. The third kappa shape index (κ3) is 3.42. The lowest BCUT2D eigenvalue weighted by atomic mass is 9.91. The molecule has 0 aromatic heterocycles. The van der Waals surface area contributed by atoms with Gasteiger partial charge in [-0.1, -0.05) is 24.3 Å². The highest BCUT2D eigenvalue weighted by Gasteiger charge is 2.47. The second-order valence-corrected chi connectivity index (χ2v) is 6.68. The van der Waals surface area contributed by atoms with E-state index in [1.54, 1.807) is 6.92 Å². The van der Waals surface area contributed by atoms with E-state index in [9.17, 15) is 9.90 Å². The number of hydrogen-bond acceptors (Lipinski definition) is 4. The predicted molar refractivity (Wildman–Crippen MR) is 84.2 cm³/mol. The summed E-state index contributed by atoms with van der Waals surface area (Å²) in [5.41, 5.74) is 1.98. The molecule has 2 fully saturated rings. The molecule has 1 saturated heterocycles. The number of carbonyl (C=O) groups is 1. The Morgan fingerprint density at radius 2 is 1.96 bits per heavy atom. The van der Waals surface area contributed by atoms with E-state index < -0.39 is 23.8 Å². The average Bonchev–Trinajstić information content (AvgIpc) is 2.93. The van der Waals surface area contributed by atoms with Gasteiger partial charge in [-0.15, -0.1) is 0 Å². The van der Waals surface area contributed by atoms with Gasteiger partial charge < -0.3 is 19.7 Å². The van der Waals surface area contributed by atoms with Crippen LogP contribution in [0.5, 0.6) is 0 Å².